The molecule has 0 N–H and O–H groups in total. The standard InChI is InChI=1S/C54H37N/c1-2-35-20-22-36(23-21-35)41-26-31-47-48(34-41)52(39-14-4-3-5-15-39)46-19-11-10-18-45(46)51(47)40-24-29-42(30-25-40)55-49-32-27-37-12-6-8-16-43(37)53(49)54-44-17-9-7-13-38(44)28-33-50(54)55/h3-34H,2H2,1H3. The Morgan fingerprint density at radius 2 is 0.818 bits per heavy atom. The SMILES string of the molecule is CCc1ccc(-c2ccc3c(-c4ccc(-n5c6ccc7ccccc7c6c6c7ccccc7ccc65)cc4)c4ccccc4c(-c4ccccc4)c3c2)cc1. The van der Waals surface area contributed by atoms with E-state index >= 15 is 0 Å². The number of fused-ring (bicyclic) bond motifs is 9. The molecule has 0 bridgehead atoms. The molecule has 0 saturated heterocycles. The number of aromatic nitrogens is 1. The minimum absolute atomic E-state index is 1.04. The maximum atomic E-state index is 2.46. The molecule has 1 heteroatoms. The Morgan fingerprint density at radius 1 is 0.345 bits per heavy atom. The quantitative estimate of drug-likeness (QED) is 0.158. The molecule has 0 aliphatic rings. The van der Waals surface area contributed by atoms with Gasteiger partial charge in [0.25, 0.3) is 0 Å². The number of nitrogens with zero attached hydrogens (tertiary/aromatic N) is 1. The van der Waals surface area contributed by atoms with Crippen LogP contribution in [0.15, 0.2) is 194 Å². The van der Waals surface area contributed by atoms with Crippen LogP contribution in [0.25, 0.3) is 104 Å². The molecular weight excluding hydrogens is 663 g/mol. The molecule has 0 unspecified atom stereocenters. The molecule has 1 aromatic heterocycles. The van der Waals surface area contributed by atoms with Gasteiger partial charge in [0.15, 0.2) is 0 Å². The zero-order chi connectivity index (χ0) is 36.5. The van der Waals surface area contributed by atoms with Crippen molar-refractivity contribution in [3.05, 3.63) is 200 Å². The van der Waals surface area contributed by atoms with E-state index in [1.54, 1.807) is 0 Å². The number of benzene rings is 10. The molecule has 11 aromatic rings. The first-order valence-corrected chi connectivity index (χ1v) is 19.3. The van der Waals surface area contributed by atoms with Gasteiger partial charge in [-0.15, -0.1) is 0 Å². The summed E-state index contributed by atoms with van der Waals surface area (Å²) in [5.74, 6) is 0. The summed E-state index contributed by atoms with van der Waals surface area (Å²) in [5, 5.41) is 12.8. The van der Waals surface area contributed by atoms with Crippen molar-refractivity contribution in [1.29, 1.82) is 0 Å². The Labute approximate surface area is 320 Å². The van der Waals surface area contributed by atoms with Gasteiger partial charge in [0, 0.05) is 16.5 Å². The summed E-state index contributed by atoms with van der Waals surface area (Å²) >= 11 is 0. The molecule has 0 radical (unpaired) electrons. The zero-order valence-electron chi connectivity index (χ0n) is 30.6. The van der Waals surface area contributed by atoms with Crippen molar-refractivity contribution < 1.29 is 0 Å². The molecule has 0 saturated carbocycles. The van der Waals surface area contributed by atoms with E-state index in [0.29, 0.717) is 0 Å². The average molecular weight is 700 g/mol. The molecule has 0 aliphatic heterocycles. The lowest BCUT2D eigenvalue weighted by Crippen LogP contribution is -1.95. The van der Waals surface area contributed by atoms with Gasteiger partial charge in [0.2, 0.25) is 0 Å². The van der Waals surface area contributed by atoms with E-state index in [1.807, 2.05) is 0 Å². The first-order chi connectivity index (χ1) is 27.2. The first kappa shape index (κ1) is 31.6. The first-order valence-electron chi connectivity index (χ1n) is 19.3. The fourth-order valence-electron chi connectivity index (χ4n) is 9.12. The van der Waals surface area contributed by atoms with Gasteiger partial charge in [-0.3, -0.25) is 0 Å². The van der Waals surface area contributed by atoms with E-state index < -0.39 is 0 Å². The van der Waals surface area contributed by atoms with Crippen LogP contribution in [0.3, 0.4) is 0 Å². The lowest BCUT2D eigenvalue weighted by atomic mass is 9.85. The summed E-state index contributed by atoms with van der Waals surface area (Å²) < 4.78 is 2.46. The van der Waals surface area contributed by atoms with Gasteiger partial charge in [-0.05, 0) is 119 Å². The zero-order valence-corrected chi connectivity index (χ0v) is 30.6. The van der Waals surface area contributed by atoms with Gasteiger partial charge < -0.3 is 4.57 Å². The van der Waals surface area contributed by atoms with E-state index in [1.165, 1.54) is 104 Å². The smallest absolute Gasteiger partial charge is 0.0547 e. The molecule has 0 aliphatic carbocycles. The number of hydrogen-bond donors (Lipinski definition) is 0. The number of hydrogen-bond acceptors (Lipinski definition) is 0. The molecule has 0 amide bonds. The van der Waals surface area contributed by atoms with Crippen LogP contribution in [0.5, 0.6) is 0 Å². The third-order valence-electron chi connectivity index (χ3n) is 11.7. The van der Waals surface area contributed by atoms with Crippen LogP contribution in [-0.2, 0) is 6.42 Å². The summed E-state index contributed by atoms with van der Waals surface area (Å²) in [7, 11) is 0. The Bertz CT molecular complexity index is 3160. The van der Waals surface area contributed by atoms with E-state index in [0.717, 1.165) is 12.1 Å². The van der Waals surface area contributed by atoms with Gasteiger partial charge in [-0.2, -0.15) is 0 Å². The molecule has 0 spiro atoms. The fourth-order valence-corrected chi connectivity index (χ4v) is 9.12. The predicted octanol–water partition coefficient (Wildman–Crippen LogP) is 15.0. The van der Waals surface area contributed by atoms with Crippen molar-refractivity contribution in [1.82, 2.24) is 4.57 Å². The Hall–Kier alpha value is -6.96. The second-order valence-electron chi connectivity index (χ2n) is 14.7. The highest BCUT2D eigenvalue weighted by atomic mass is 15.0. The van der Waals surface area contributed by atoms with Gasteiger partial charge in [-0.25, -0.2) is 0 Å². The maximum absolute atomic E-state index is 2.46. The molecule has 0 fully saturated rings. The Morgan fingerprint density at radius 3 is 1.42 bits per heavy atom. The van der Waals surface area contributed by atoms with Gasteiger partial charge in [0.1, 0.15) is 0 Å². The van der Waals surface area contributed by atoms with E-state index in [9.17, 15) is 0 Å². The van der Waals surface area contributed by atoms with E-state index in [4.69, 9.17) is 0 Å². The summed E-state index contributed by atoms with van der Waals surface area (Å²) in [6, 6.07) is 72.0. The van der Waals surface area contributed by atoms with Crippen LogP contribution in [0.4, 0.5) is 0 Å². The number of aryl methyl sites for hydroxylation is 1. The normalized spacial score (nSPS) is 11.8. The monoisotopic (exact) mass is 699 g/mol. The summed E-state index contributed by atoms with van der Waals surface area (Å²) in [4.78, 5) is 0. The maximum Gasteiger partial charge on any atom is 0.0547 e. The average Bonchev–Trinajstić information content (AvgIpc) is 3.61. The second-order valence-corrected chi connectivity index (χ2v) is 14.7. The molecule has 1 nitrogen and oxygen atoms in total. The van der Waals surface area contributed by atoms with Gasteiger partial charge in [-0.1, -0.05) is 171 Å². The van der Waals surface area contributed by atoms with Crippen LogP contribution in [-0.4, -0.2) is 4.57 Å². The minimum Gasteiger partial charge on any atom is -0.309 e. The van der Waals surface area contributed by atoms with Crippen LogP contribution < -0.4 is 0 Å². The van der Waals surface area contributed by atoms with Crippen molar-refractivity contribution >= 4 is 64.9 Å². The Kier molecular flexibility index (Phi) is 7.22. The van der Waals surface area contributed by atoms with Gasteiger partial charge >= 0.3 is 0 Å². The van der Waals surface area contributed by atoms with Crippen molar-refractivity contribution in [3.63, 3.8) is 0 Å². The molecule has 1 heterocycles. The predicted molar refractivity (Wildman–Crippen MR) is 236 cm³/mol. The van der Waals surface area contributed by atoms with Crippen molar-refractivity contribution in [3.8, 4) is 39.1 Å². The molecule has 11 rings (SSSR count). The third kappa shape index (κ3) is 4.94. The van der Waals surface area contributed by atoms with Crippen LogP contribution in [0.1, 0.15) is 12.5 Å². The van der Waals surface area contributed by atoms with Crippen LogP contribution >= 0.6 is 0 Å². The molecule has 258 valence electrons. The van der Waals surface area contributed by atoms with Crippen molar-refractivity contribution in [2.75, 3.05) is 0 Å². The topological polar surface area (TPSA) is 4.93 Å². The summed E-state index contributed by atoms with van der Waals surface area (Å²) in [6.45, 7) is 2.21. The Balaban J connectivity index is 1.15. The van der Waals surface area contributed by atoms with Crippen molar-refractivity contribution in [2.24, 2.45) is 0 Å². The largest absolute Gasteiger partial charge is 0.309 e. The highest BCUT2D eigenvalue weighted by molar-refractivity contribution is 6.28. The van der Waals surface area contributed by atoms with E-state index in [2.05, 4.69) is 206 Å². The molecule has 0 atom stereocenters. The lowest BCUT2D eigenvalue weighted by molar-refractivity contribution is 1.14. The highest BCUT2D eigenvalue weighted by Gasteiger charge is 2.20. The van der Waals surface area contributed by atoms with Crippen LogP contribution in [0, 0.1) is 0 Å². The van der Waals surface area contributed by atoms with Gasteiger partial charge in [0.05, 0.1) is 11.0 Å². The van der Waals surface area contributed by atoms with Crippen LogP contribution in [0.2, 0.25) is 0 Å². The minimum atomic E-state index is 1.04. The summed E-state index contributed by atoms with van der Waals surface area (Å²) in [6.07, 6.45) is 1.04. The molecule has 10 aromatic carbocycles. The van der Waals surface area contributed by atoms with Crippen molar-refractivity contribution in [2.45, 2.75) is 13.3 Å². The molecular formula is C54H37N. The number of rotatable bonds is 5. The second kappa shape index (κ2) is 12.6. The lowest BCUT2D eigenvalue weighted by Gasteiger charge is -2.19. The third-order valence-corrected chi connectivity index (χ3v) is 11.7. The fraction of sp³-hybridized carbons (Fsp3) is 0.0370. The highest BCUT2D eigenvalue weighted by Crippen LogP contribution is 2.46. The molecule has 55 heavy (non-hydrogen) atoms. The van der Waals surface area contributed by atoms with E-state index in [-0.39, 0.29) is 0 Å². The summed E-state index contributed by atoms with van der Waals surface area (Å²) in [5.41, 5.74) is 12.4.